The normalized spacial score (nSPS) is 21.8. The molecule has 0 radical (unpaired) electrons. The van der Waals surface area contributed by atoms with Crippen LogP contribution in [0.1, 0.15) is 29.6 Å². The van der Waals surface area contributed by atoms with Gasteiger partial charge in [-0.05, 0) is 37.5 Å². The molecule has 1 fully saturated rings. The summed E-state index contributed by atoms with van der Waals surface area (Å²) in [6, 6.07) is 5.47. The average molecular weight is 350 g/mol. The van der Waals surface area contributed by atoms with Crippen molar-refractivity contribution in [2.45, 2.75) is 31.4 Å². The van der Waals surface area contributed by atoms with Gasteiger partial charge in [0, 0.05) is 23.3 Å². The van der Waals surface area contributed by atoms with E-state index in [1.807, 2.05) is 6.07 Å². The molecule has 2 unspecified atom stereocenters. The van der Waals surface area contributed by atoms with Crippen molar-refractivity contribution in [1.29, 1.82) is 0 Å². The third kappa shape index (κ3) is 4.09. The number of hydrogen-bond donors (Lipinski definition) is 2. The number of anilines is 1. The van der Waals surface area contributed by atoms with Crippen LogP contribution >= 0.6 is 28.3 Å². The predicted molar refractivity (Wildman–Crippen MR) is 81.7 cm³/mol. The SMILES string of the molecule is COC1CCC(NC(=O)c2ccc(Br)cc2N)C1.Cl. The first-order valence-corrected chi connectivity index (χ1v) is 6.78. The zero-order chi connectivity index (χ0) is 13.1. The van der Waals surface area contributed by atoms with Crippen LogP contribution in [0.4, 0.5) is 5.69 Å². The molecular formula is C13H18BrClN2O2. The Balaban J connectivity index is 0.00000180. The van der Waals surface area contributed by atoms with E-state index in [0.29, 0.717) is 11.3 Å². The van der Waals surface area contributed by atoms with Gasteiger partial charge in [-0.2, -0.15) is 0 Å². The highest BCUT2D eigenvalue weighted by molar-refractivity contribution is 9.10. The molecule has 106 valence electrons. The van der Waals surface area contributed by atoms with Crippen LogP contribution in [0.3, 0.4) is 0 Å². The van der Waals surface area contributed by atoms with E-state index < -0.39 is 0 Å². The maximum atomic E-state index is 12.1. The number of rotatable bonds is 3. The van der Waals surface area contributed by atoms with Gasteiger partial charge in [-0.15, -0.1) is 12.4 Å². The molecule has 0 bridgehead atoms. The number of nitrogen functional groups attached to an aromatic ring is 1. The molecule has 2 atom stereocenters. The molecule has 1 aliphatic carbocycles. The lowest BCUT2D eigenvalue weighted by atomic mass is 10.1. The number of methoxy groups -OCH3 is 1. The highest BCUT2D eigenvalue weighted by atomic mass is 79.9. The molecule has 0 heterocycles. The number of carbonyl (C=O) groups excluding carboxylic acids is 1. The highest BCUT2D eigenvalue weighted by Gasteiger charge is 2.26. The zero-order valence-electron chi connectivity index (χ0n) is 10.7. The summed E-state index contributed by atoms with van der Waals surface area (Å²) in [7, 11) is 1.71. The summed E-state index contributed by atoms with van der Waals surface area (Å²) in [5, 5.41) is 3.01. The third-order valence-electron chi connectivity index (χ3n) is 3.31. The maximum Gasteiger partial charge on any atom is 0.253 e. The van der Waals surface area contributed by atoms with Crippen molar-refractivity contribution in [2.75, 3.05) is 12.8 Å². The van der Waals surface area contributed by atoms with E-state index in [-0.39, 0.29) is 30.5 Å². The average Bonchev–Trinajstić information content (AvgIpc) is 2.76. The molecule has 19 heavy (non-hydrogen) atoms. The largest absolute Gasteiger partial charge is 0.398 e. The first kappa shape index (κ1) is 16.3. The molecule has 0 spiro atoms. The lowest BCUT2D eigenvalue weighted by Gasteiger charge is -2.14. The first-order valence-electron chi connectivity index (χ1n) is 5.99. The van der Waals surface area contributed by atoms with Crippen LogP contribution in [0, 0.1) is 0 Å². The van der Waals surface area contributed by atoms with Crippen molar-refractivity contribution >= 4 is 39.9 Å². The second-order valence-corrected chi connectivity index (χ2v) is 5.49. The summed E-state index contributed by atoms with van der Waals surface area (Å²) >= 11 is 3.32. The molecule has 4 nitrogen and oxygen atoms in total. The third-order valence-corrected chi connectivity index (χ3v) is 3.80. The number of hydrogen-bond acceptors (Lipinski definition) is 3. The second kappa shape index (κ2) is 7.12. The Morgan fingerprint density at radius 3 is 2.79 bits per heavy atom. The van der Waals surface area contributed by atoms with Crippen molar-refractivity contribution in [3.8, 4) is 0 Å². The zero-order valence-corrected chi connectivity index (χ0v) is 13.1. The quantitative estimate of drug-likeness (QED) is 0.825. The molecule has 3 N–H and O–H groups in total. The molecule has 1 aromatic carbocycles. The van der Waals surface area contributed by atoms with Crippen LogP contribution in [-0.2, 0) is 4.74 Å². The summed E-state index contributed by atoms with van der Waals surface area (Å²) < 4.78 is 6.16. The van der Waals surface area contributed by atoms with E-state index in [0.717, 1.165) is 23.7 Å². The number of benzene rings is 1. The van der Waals surface area contributed by atoms with Crippen LogP contribution in [0.15, 0.2) is 22.7 Å². The van der Waals surface area contributed by atoms with E-state index in [9.17, 15) is 4.79 Å². The van der Waals surface area contributed by atoms with Crippen LogP contribution in [0.5, 0.6) is 0 Å². The fraction of sp³-hybridized carbons (Fsp3) is 0.462. The van der Waals surface area contributed by atoms with Gasteiger partial charge >= 0.3 is 0 Å². The number of ether oxygens (including phenoxy) is 1. The molecule has 1 aromatic rings. The minimum absolute atomic E-state index is 0. The number of nitrogens with two attached hydrogens (primary N) is 1. The van der Waals surface area contributed by atoms with Crippen molar-refractivity contribution < 1.29 is 9.53 Å². The summed E-state index contributed by atoms with van der Waals surface area (Å²) in [6.45, 7) is 0. The van der Waals surface area contributed by atoms with E-state index in [4.69, 9.17) is 10.5 Å². The molecule has 1 amide bonds. The van der Waals surface area contributed by atoms with E-state index in [1.54, 1.807) is 19.2 Å². The molecule has 0 saturated heterocycles. The standard InChI is InChI=1S/C13H17BrN2O2.ClH/c1-18-10-4-3-9(7-10)16-13(17)11-5-2-8(14)6-12(11)15;/h2,5-6,9-10H,3-4,7,15H2,1H3,(H,16,17);1H. The van der Waals surface area contributed by atoms with E-state index in [1.165, 1.54) is 0 Å². The first-order chi connectivity index (χ1) is 8.60. The van der Waals surface area contributed by atoms with Crippen molar-refractivity contribution in [2.24, 2.45) is 0 Å². The molecule has 1 saturated carbocycles. The minimum Gasteiger partial charge on any atom is -0.398 e. The Kier molecular flexibility index (Phi) is 6.10. The maximum absolute atomic E-state index is 12.1. The summed E-state index contributed by atoms with van der Waals surface area (Å²) in [5.74, 6) is -0.109. The number of nitrogens with one attached hydrogen (secondary N) is 1. The second-order valence-electron chi connectivity index (χ2n) is 4.57. The Bertz CT molecular complexity index is 456. The Hall–Kier alpha value is -0.780. The molecule has 6 heteroatoms. The van der Waals surface area contributed by atoms with Gasteiger partial charge in [-0.3, -0.25) is 4.79 Å². The van der Waals surface area contributed by atoms with Gasteiger partial charge in [0.25, 0.3) is 5.91 Å². The molecule has 1 aliphatic rings. The number of halogens is 2. The van der Waals surface area contributed by atoms with Crippen molar-refractivity contribution in [3.63, 3.8) is 0 Å². The molecule has 0 aliphatic heterocycles. The molecule has 0 aromatic heterocycles. The fourth-order valence-electron chi connectivity index (χ4n) is 2.29. The number of carbonyl (C=O) groups is 1. The van der Waals surface area contributed by atoms with Gasteiger partial charge in [0.15, 0.2) is 0 Å². The lowest BCUT2D eigenvalue weighted by Crippen LogP contribution is -2.33. The van der Waals surface area contributed by atoms with E-state index in [2.05, 4.69) is 21.2 Å². The van der Waals surface area contributed by atoms with Gasteiger partial charge in [0.05, 0.1) is 11.7 Å². The minimum atomic E-state index is -0.109. The number of amides is 1. The molecular weight excluding hydrogens is 332 g/mol. The van der Waals surface area contributed by atoms with Crippen LogP contribution in [0.25, 0.3) is 0 Å². The summed E-state index contributed by atoms with van der Waals surface area (Å²) in [5.41, 5.74) is 6.85. The van der Waals surface area contributed by atoms with Crippen molar-refractivity contribution in [3.05, 3.63) is 28.2 Å². The van der Waals surface area contributed by atoms with Gasteiger partial charge in [0.2, 0.25) is 0 Å². The lowest BCUT2D eigenvalue weighted by molar-refractivity contribution is 0.0916. The van der Waals surface area contributed by atoms with Gasteiger partial charge in [0.1, 0.15) is 0 Å². The Morgan fingerprint density at radius 1 is 1.47 bits per heavy atom. The van der Waals surface area contributed by atoms with Crippen LogP contribution in [0.2, 0.25) is 0 Å². The Morgan fingerprint density at radius 2 is 2.21 bits per heavy atom. The molecule has 2 rings (SSSR count). The fourth-order valence-corrected chi connectivity index (χ4v) is 2.67. The Labute approximate surface area is 127 Å². The van der Waals surface area contributed by atoms with Gasteiger partial charge in [-0.25, -0.2) is 0 Å². The summed E-state index contributed by atoms with van der Waals surface area (Å²) in [6.07, 6.45) is 3.09. The van der Waals surface area contributed by atoms with E-state index >= 15 is 0 Å². The van der Waals surface area contributed by atoms with Crippen LogP contribution in [-0.4, -0.2) is 25.2 Å². The van der Waals surface area contributed by atoms with Crippen molar-refractivity contribution in [1.82, 2.24) is 5.32 Å². The predicted octanol–water partition coefficient (Wildman–Crippen LogP) is 2.75. The van der Waals surface area contributed by atoms with Gasteiger partial charge < -0.3 is 15.8 Å². The van der Waals surface area contributed by atoms with Crippen LogP contribution < -0.4 is 11.1 Å². The topological polar surface area (TPSA) is 64.3 Å². The summed E-state index contributed by atoms with van der Waals surface area (Å²) in [4.78, 5) is 12.1. The van der Waals surface area contributed by atoms with Gasteiger partial charge in [-0.1, -0.05) is 15.9 Å². The highest BCUT2D eigenvalue weighted by Crippen LogP contribution is 2.23. The monoisotopic (exact) mass is 348 g/mol. The smallest absolute Gasteiger partial charge is 0.253 e.